The zero-order chi connectivity index (χ0) is 12.2. The van der Waals surface area contributed by atoms with Crippen LogP contribution in [0.15, 0.2) is 0 Å². The lowest BCUT2D eigenvalue weighted by Crippen LogP contribution is -2.43. The van der Waals surface area contributed by atoms with Gasteiger partial charge in [-0.05, 0) is 18.6 Å². The van der Waals surface area contributed by atoms with Crippen LogP contribution in [0.4, 0.5) is 13.2 Å². The first kappa shape index (κ1) is 14.0. The van der Waals surface area contributed by atoms with Gasteiger partial charge in [-0.3, -0.25) is 4.79 Å². The van der Waals surface area contributed by atoms with Crippen molar-refractivity contribution >= 4 is 29.3 Å². The van der Waals surface area contributed by atoms with Gasteiger partial charge >= 0.3 is 6.18 Å². The number of halogens is 4. The van der Waals surface area contributed by atoms with Gasteiger partial charge in [0.25, 0.3) is 0 Å². The first-order valence-corrected chi connectivity index (χ1v) is 6.55. The fourth-order valence-corrected chi connectivity index (χ4v) is 3.01. The highest BCUT2D eigenvalue weighted by Crippen LogP contribution is 2.28. The summed E-state index contributed by atoms with van der Waals surface area (Å²) in [6, 6.07) is 0. The highest BCUT2D eigenvalue weighted by Gasteiger charge is 2.36. The van der Waals surface area contributed by atoms with Crippen LogP contribution in [0.5, 0.6) is 0 Å². The van der Waals surface area contributed by atoms with E-state index in [1.807, 2.05) is 0 Å². The molecular formula is C9H13ClF3NOS. The van der Waals surface area contributed by atoms with Gasteiger partial charge < -0.3 is 4.90 Å². The minimum Gasteiger partial charge on any atom is -0.331 e. The van der Waals surface area contributed by atoms with E-state index in [-0.39, 0.29) is 17.7 Å². The predicted molar refractivity (Wildman–Crippen MR) is 58.8 cm³/mol. The second-order valence-corrected chi connectivity index (χ2v) is 5.25. The van der Waals surface area contributed by atoms with Crippen molar-refractivity contribution < 1.29 is 18.0 Å². The lowest BCUT2D eigenvalue weighted by Gasteiger charge is -2.25. The molecule has 0 aromatic carbocycles. The number of rotatable bonds is 4. The number of amides is 1. The molecule has 1 heterocycles. The maximum absolute atomic E-state index is 12.2. The molecule has 0 radical (unpaired) electrons. The topological polar surface area (TPSA) is 20.3 Å². The molecule has 0 aliphatic carbocycles. The van der Waals surface area contributed by atoms with E-state index in [2.05, 4.69) is 0 Å². The minimum absolute atomic E-state index is 0.0270. The first-order valence-electron chi connectivity index (χ1n) is 4.97. The van der Waals surface area contributed by atoms with Crippen LogP contribution in [0.3, 0.4) is 0 Å². The van der Waals surface area contributed by atoms with Crippen LogP contribution in [0.1, 0.15) is 12.8 Å². The van der Waals surface area contributed by atoms with E-state index < -0.39 is 18.6 Å². The van der Waals surface area contributed by atoms with E-state index in [9.17, 15) is 18.0 Å². The first-order chi connectivity index (χ1) is 7.44. The highest BCUT2D eigenvalue weighted by atomic mass is 35.5. The van der Waals surface area contributed by atoms with Crippen LogP contribution in [0, 0.1) is 0 Å². The number of thioether (sulfide) groups is 1. The molecule has 1 saturated heterocycles. The third-order valence-electron chi connectivity index (χ3n) is 2.24. The molecule has 1 rings (SSSR count). The van der Waals surface area contributed by atoms with Gasteiger partial charge in [0.2, 0.25) is 5.91 Å². The molecule has 0 N–H and O–H groups in total. The van der Waals surface area contributed by atoms with Crippen molar-refractivity contribution in [2.45, 2.75) is 24.3 Å². The molecule has 0 aromatic heterocycles. The van der Waals surface area contributed by atoms with Crippen molar-refractivity contribution in [1.82, 2.24) is 4.90 Å². The summed E-state index contributed by atoms with van der Waals surface area (Å²) in [5.74, 6) is 0.441. The fraction of sp³-hybridized carbons (Fsp3) is 0.889. The Bertz CT molecular complexity index is 243. The van der Waals surface area contributed by atoms with Crippen LogP contribution in [-0.4, -0.2) is 47.0 Å². The second-order valence-electron chi connectivity index (χ2n) is 3.57. The summed E-state index contributed by atoms with van der Waals surface area (Å²) < 4.78 is 36.7. The van der Waals surface area contributed by atoms with Gasteiger partial charge in [0.05, 0.1) is 5.25 Å². The molecule has 2 nitrogen and oxygen atoms in total. The number of alkyl halides is 4. The fourth-order valence-electron chi connectivity index (χ4n) is 1.56. The Labute approximate surface area is 101 Å². The zero-order valence-corrected chi connectivity index (χ0v) is 10.2. The van der Waals surface area contributed by atoms with E-state index >= 15 is 0 Å². The molecule has 1 fully saturated rings. The number of nitrogens with zero attached hydrogens (tertiary/aromatic N) is 1. The third kappa shape index (κ3) is 4.41. The van der Waals surface area contributed by atoms with Crippen molar-refractivity contribution in [3.8, 4) is 0 Å². The molecule has 94 valence electrons. The van der Waals surface area contributed by atoms with E-state index in [1.165, 1.54) is 11.8 Å². The minimum atomic E-state index is -4.36. The van der Waals surface area contributed by atoms with Gasteiger partial charge in [-0.1, -0.05) is 0 Å². The van der Waals surface area contributed by atoms with Crippen molar-refractivity contribution in [2.75, 3.05) is 24.7 Å². The van der Waals surface area contributed by atoms with Gasteiger partial charge in [-0.2, -0.15) is 13.2 Å². The molecule has 1 aliphatic heterocycles. The van der Waals surface area contributed by atoms with Crippen LogP contribution in [0.2, 0.25) is 0 Å². The third-order valence-corrected chi connectivity index (χ3v) is 3.77. The zero-order valence-electron chi connectivity index (χ0n) is 8.60. The van der Waals surface area contributed by atoms with Gasteiger partial charge in [-0.15, -0.1) is 23.4 Å². The maximum Gasteiger partial charge on any atom is 0.406 e. The van der Waals surface area contributed by atoms with E-state index in [1.54, 1.807) is 0 Å². The molecule has 1 aliphatic rings. The number of hydrogen-bond acceptors (Lipinski definition) is 2. The number of carbonyl (C=O) groups is 1. The summed E-state index contributed by atoms with van der Waals surface area (Å²) in [6.07, 6.45) is -2.80. The lowest BCUT2D eigenvalue weighted by molar-refractivity contribution is -0.160. The average Bonchev–Trinajstić information content (AvgIpc) is 2.66. The van der Waals surface area contributed by atoms with Gasteiger partial charge in [-0.25, -0.2) is 0 Å². The second kappa shape index (κ2) is 6.00. The standard InChI is InChI=1S/C9H13ClF3NOS/c10-3-4-14(6-9(11,12)13)8(15)7-2-1-5-16-7/h7H,1-6H2. The summed E-state index contributed by atoms with van der Waals surface area (Å²) in [5.41, 5.74) is 0. The van der Waals surface area contributed by atoms with Crippen molar-refractivity contribution in [3.63, 3.8) is 0 Å². The largest absolute Gasteiger partial charge is 0.406 e. The van der Waals surface area contributed by atoms with Gasteiger partial charge in [0.1, 0.15) is 6.54 Å². The quantitative estimate of drug-likeness (QED) is 0.735. The SMILES string of the molecule is O=C(C1CCCS1)N(CCCl)CC(F)(F)F. The van der Waals surface area contributed by atoms with Crippen LogP contribution in [-0.2, 0) is 4.79 Å². The van der Waals surface area contributed by atoms with Crippen LogP contribution < -0.4 is 0 Å². The summed E-state index contributed by atoms with van der Waals surface area (Å²) in [5, 5.41) is -0.314. The molecule has 16 heavy (non-hydrogen) atoms. The normalized spacial score (nSPS) is 21.1. The molecule has 1 atom stereocenters. The van der Waals surface area contributed by atoms with Crippen molar-refractivity contribution in [1.29, 1.82) is 0 Å². The van der Waals surface area contributed by atoms with Crippen LogP contribution >= 0.6 is 23.4 Å². The Balaban J connectivity index is 2.57. The Morgan fingerprint density at radius 3 is 2.62 bits per heavy atom. The molecule has 0 spiro atoms. The molecule has 7 heteroatoms. The summed E-state index contributed by atoms with van der Waals surface area (Å²) in [7, 11) is 0. The van der Waals surface area contributed by atoms with E-state index in [0.29, 0.717) is 6.42 Å². The number of carbonyl (C=O) groups excluding carboxylic acids is 1. The Hall–Kier alpha value is -0.100. The maximum atomic E-state index is 12.2. The average molecular weight is 276 g/mol. The smallest absolute Gasteiger partial charge is 0.331 e. The Morgan fingerprint density at radius 1 is 1.50 bits per heavy atom. The molecule has 0 aromatic rings. The number of hydrogen-bond donors (Lipinski definition) is 0. The Morgan fingerprint density at radius 2 is 2.19 bits per heavy atom. The van der Waals surface area contributed by atoms with E-state index in [0.717, 1.165) is 17.1 Å². The summed E-state index contributed by atoms with van der Waals surface area (Å²) >= 11 is 6.84. The molecular weight excluding hydrogens is 263 g/mol. The molecule has 0 bridgehead atoms. The van der Waals surface area contributed by atoms with Crippen molar-refractivity contribution in [2.24, 2.45) is 0 Å². The van der Waals surface area contributed by atoms with Crippen LogP contribution in [0.25, 0.3) is 0 Å². The highest BCUT2D eigenvalue weighted by molar-refractivity contribution is 8.00. The molecule has 1 amide bonds. The Kier molecular flexibility index (Phi) is 5.24. The molecule has 0 saturated carbocycles. The lowest BCUT2D eigenvalue weighted by atomic mass is 10.2. The summed E-state index contributed by atoms with van der Waals surface area (Å²) in [4.78, 5) is 12.6. The van der Waals surface area contributed by atoms with Crippen molar-refractivity contribution in [3.05, 3.63) is 0 Å². The monoisotopic (exact) mass is 275 g/mol. The summed E-state index contributed by atoms with van der Waals surface area (Å²) in [6.45, 7) is -1.24. The molecule has 1 unspecified atom stereocenters. The van der Waals surface area contributed by atoms with Gasteiger partial charge in [0, 0.05) is 12.4 Å². The van der Waals surface area contributed by atoms with E-state index in [4.69, 9.17) is 11.6 Å². The van der Waals surface area contributed by atoms with Gasteiger partial charge in [0.15, 0.2) is 0 Å². The predicted octanol–water partition coefficient (Wildman–Crippen LogP) is 2.51.